The molecule has 130 valence electrons. The number of hydrogen-bond donors (Lipinski definition) is 2. The van der Waals surface area contributed by atoms with Crippen molar-refractivity contribution in [2.24, 2.45) is 5.73 Å². The summed E-state index contributed by atoms with van der Waals surface area (Å²) in [5, 5.41) is 3.27. The largest absolute Gasteiger partial charge is 0.464 e. The van der Waals surface area contributed by atoms with Gasteiger partial charge >= 0.3 is 5.97 Å². The van der Waals surface area contributed by atoms with Crippen LogP contribution in [0.2, 0.25) is 0 Å². The molecule has 2 aromatic rings. The first-order valence-electron chi connectivity index (χ1n) is 7.56. The Kier molecular flexibility index (Phi) is 8.22. The van der Waals surface area contributed by atoms with Crippen LogP contribution < -0.4 is 11.1 Å². The molecule has 0 fully saturated rings. The second kappa shape index (κ2) is 9.90. The Hall–Kier alpha value is -2.11. The number of esters is 1. The van der Waals surface area contributed by atoms with Crippen molar-refractivity contribution in [3.05, 3.63) is 65.7 Å². The van der Waals surface area contributed by atoms with Gasteiger partial charge in [0.05, 0.1) is 12.6 Å². The van der Waals surface area contributed by atoms with Gasteiger partial charge in [0.25, 0.3) is 0 Å². The molecule has 4 nitrogen and oxygen atoms in total. The molecule has 0 saturated carbocycles. The second-order valence-corrected chi connectivity index (χ2v) is 5.14. The third-order valence-corrected chi connectivity index (χ3v) is 3.46. The molecule has 0 heterocycles. The van der Waals surface area contributed by atoms with E-state index in [1.165, 1.54) is 5.56 Å². The highest BCUT2D eigenvalue weighted by Gasteiger charge is 2.27. The summed E-state index contributed by atoms with van der Waals surface area (Å²) in [6.07, 6.45) is -1.86. The third-order valence-electron chi connectivity index (χ3n) is 3.46. The number of benzene rings is 2. The number of halogens is 2. The van der Waals surface area contributed by atoms with E-state index in [1.54, 1.807) is 19.1 Å². The molecule has 2 atom stereocenters. The molecule has 6 heteroatoms. The van der Waals surface area contributed by atoms with E-state index in [4.69, 9.17) is 5.73 Å². The lowest BCUT2D eigenvalue weighted by Crippen LogP contribution is -2.31. The zero-order valence-corrected chi connectivity index (χ0v) is 14.3. The van der Waals surface area contributed by atoms with Gasteiger partial charge < -0.3 is 15.8 Å². The molecule has 0 aliphatic carbocycles. The van der Waals surface area contributed by atoms with Crippen LogP contribution in [0.1, 0.15) is 24.1 Å². The number of anilines is 1. The molecule has 0 saturated heterocycles. The molecular formula is C18H22ClFN2O2. The quantitative estimate of drug-likeness (QED) is 0.747. The van der Waals surface area contributed by atoms with E-state index in [-0.39, 0.29) is 19.0 Å². The highest BCUT2D eigenvalue weighted by Crippen LogP contribution is 2.20. The van der Waals surface area contributed by atoms with Crippen LogP contribution >= 0.6 is 12.4 Å². The van der Waals surface area contributed by atoms with Crippen molar-refractivity contribution < 1.29 is 13.9 Å². The highest BCUT2D eigenvalue weighted by molar-refractivity contribution is 5.85. The van der Waals surface area contributed by atoms with E-state index in [1.807, 2.05) is 42.5 Å². The third kappa shape index (κ3) is 5.51. The molecule has 24 heavy (non-hydrogen) atoms. The molecule has 0 bridgehead atoms. The van der Waals surface area contributed by atoms with Crippen LogP contribution in [-0.4, -0.2) is 18.7 Å². The van der Waals surface area contributed by atoms with Crippen LogP contribution in [0.4, 0.5) is 10.1 Å². The van der Waals surface area contributed by atoms with Crippen molar-refractivity contribution in [2.75, 3.05) is 11.9 Å². The van der Waals surface area contributed by atoms with Gasteiger partial charge in [-0.15, -0.1) is 12.4 Å². The molecule has 0 aliphatic heterocycles. The van der Waals surface area contributed by atoms with Gasteiger partial charge in [-0.05, 0) is 30.2 Å². The Morgan fingerprint density at radius 2 is 1.79 bits per heavy atom. The number of nitrogens with one attached hydrogen (secondary N) is 1. The summed E-state index contributed by atoms with van der Waals surface area (Å²) in [4.78, 5) is 11.4. The minimum absolute atomic E-state index is 0. The summed E-state index contributed by atoms with van der Waals surface area (Å²) in [6.45, 7) is 2.46. The Bertz CT molecular complexity index is 623. The lowest BCUT2D eigenvalue weighted by Gasteiger charge is -2.16. The Morgan fingerprint density at radius 1 is 1.17 bits per heavy atom. The fraction of sp³-hybridized carbons (Fsp3) is 0.278. The molecule has 0 amide bonds. The second-order valence-electron chi connectivity index (χ2n) is 5.14. The minimum atomic E-state index is -1.86. The Labute approximate surface area is 147 Å². The van der Waals surface area contributed by atoms with E-state index < -0.39 is 18.2 Å². The van der Waals surface area contributed by atoms with Crippen molar-refractivity contribution >= 4 is 24.1 Å². The monoisotopic (exact) mass is 352 g/mol. The molecule has 0 spiro atoms. The van der Waals surface area contributed by atoms with E-state index in [2.05, 4.69) is 10.1 Å². The number of nitrogens with two attached hydrogens (primary N) is 1. The van der Waals surface area contributed by atoms with Crippen LogP contribution in [0.25, 0.3) is 0 Å². The van der Waals surface area contributed by atoms with Gasteiger partial charge in [-0.1, -0.05) is 42.5 Å². The van der Waals surface area contributed by atoms with E-state index in [9.17, 15) is 9.18 Å². The van der Waals surface area contributed by atoms with Crippen LogP contribution in [-0.2, 0) is 16.1 Å². The Morgan fingerprint density at radius 3 is 2.38 bits per heavy atom. The maximum atomic E-state index is 13.9. The first-order valence-corrected chi connectivity index (χ1v) is 7.56. The summed E-state index contributed by atoms with van der Waals surface area (Å²) in [5.41, 5.74) is 8.41. The molecule has 0 radical (unpaired) electrons. The van der Waals surface area contributed by atoms with E-state index in [0.29, 0.717) is 12.1 Å². The number of alkyl halides is 1. The molecular weight excluding hydrogens is 331 g/mol. The van der Waals surface area contributed by atoms with Gasteiger partial charge in [-0.2, -0.15) is 0 Å². The van der Waals surface area contributed by atoms with Gasteiger partial charge in [0, 0.05) is 12.2 Å². The first kappa shape index (κ1) is 19.9. The van der Waals surface area contributed by atoms with E-state index >= 15 is 0 Å². The zero-order chi connectivity index (χ0) is 16.7. The highest BCUT2D eigenvalue weighted by atomic mass is 35.5. The topological polar surface area (TPSA) is 64.3 Å². The van der Waals surface area contributed by atoms with Gasteiger partial charge in [-0.25, -0.2) is 9.18 Å². The Balaban J connectivity index is 0.00000288. The summed E-state index contributed by atoms with van der Waals surface area (Å²) < 4.78 is 18.6. The molecule has 0 aromatic heterocycles. The van der Waals surface area contributed by atoms with Gasteiger partial charge in [0.15, 0.2) is 0 Å². The van der Waals surface area contributed by atoms with Crippen LogP contribution in [0, 0.1) is 0 Å². The molecule has 1 unspecified atom stereocenters. The normalized spacial score (nSPS) is 12.6. The van der Waals surface area contributed by atoms with Gasteiger partial charge in [-0.3, -0.25) is 0 Å². The molecule has 2 aromatic carbocycles. The number of carbonyl (C=O) groups is 1. The van der Waals surface area contributed by atoms with Crippen molar-refractivity contribution in [3.8, 4) is 0 Å². The smallest absolute Gasteiger partial charge is 0.342 e. The average Bonchev–Trinajstić information content (AvgIpc) is 2.60. The molecule has 2 rings (SSSR count). The van der Waals surface area contributed by atoms with Crippen molar-refractivity contribution in [2.45, 2.75) is 25.7 Å². The van der Waals surface area contributed by atoms with Crippen molar-refractivity contribution in [3.63, 3.8) is 0 Å². The number of carbonyl (C=O) groups excluding carboxylic acids is 1. The lowest BCUT2D eigenvalue weighted by molar-refractivity contribution is -0.149. The molecule has 0 aliphatic rings. The number of hydrogen-bond acceptors (Lipinski definition) is 4. The summed E-state index contributed by atoms with van der Waals surface area (Å²) in [5.74, 6) is -0.925. The van der Waals surface area contributed by atoms with Crippen LogP contribution in [0.5, 0.6) is 0 Å². The van der Waals surface area contributed by atoms with Crippen LogP contribution in [0.3, 0.4) is 0 Å². The lowest BCUT2D eigenvalue weighted by atomic mass is 10.0. The number of ether oxygens (including phenoxy) is 1. The summed E-state index contributed by atoms with van der Waals surface area (Å²) >= 11 is 0. The van der Waals surface area contributed by atoms with Crippen molar-refractivity contribution in [1.29, 1.82) is 0 Å². The standard InChI is InChI=1S/C18H21FN2O2.ClH/c1-2-23-18(22)16(19)17(20)14-8-10-15(11-9-14)21-12-13-6-4-3-5-7-13;/h3-11,16-17,21H,2,12,20H2,1H3;1H/t16?,17-;/m0./s1. The minimum Gasteiger partial charge on any atom is -0.464 e. The summed E-state index contributed by atoms with van der Waals surface area (Å²) in [6, 6.07) is 16.0. The van der Waals surface area contributed by atoms with E-state index in [0.717, 1.165) is 5.69 Å². The zero-order valence-electron chi connectivity index (χ0n) is 13.4. The SMILES string of the molecule is CCOC(=O)C(F)[C@@H](N)c1ccc(NCc2ccccc2)cc1.Cl. The first-order chi connectivity index (χ1) is 11.1. The maximum Gasteiger partial charge on any atom is 0.342 e. The average molecular weight is 353 g/mol. The van der Waals surface area contributed by atoms with Crippen LogP contribution in [0.15, 0.2) is 54.6 Å². The fourth-order valence-corrected chi connectivity index (χ4v) is 2.16. The predicted octanol–water partition coefficient (Wildman–Crippen LogP) is 3.62. The predicted molar refractivity (Wildman–Crippen MR) is 95.9 cm³/mol. The maximum absolute atomic E-state index is 13.9. The van der Waals surface area contributed by atoms with Gasteiger partial charge in [0.1, 0.15) is 0 Å². The fourth-order valence-electron chi connectivity index (χ4n) is 2.16. The number of rotatable bonds is 7. The van der Waals surface area contributed by atoms with Crippen molar-refractivity contribution in [1.82, 2.24) is 0 Å². The summed E-state index contributed by atoms with van der Waals surface area (Å²) in [7, 11) is 0. The molecule has 3 N–H and O–H groups in total. The van der Waals surface area contributed by atoms with Gasteiger partial charge in [0.2, 0.25) is 6.17 Å².